The van der Waals surface area contributed by atoms with Gasteiger partial charge in [0.1, 0.15) is 17.1 Å². The molecule has 0 radical (unpaired) electrons. The maximum atomic E-state index is 13.9. The van der Waals surface area contributed by atoms with Crippen LogP contribution in [0, 0.1) is 11.6 Å². The summed E-state index contributed by atoms with van der Waals surface area (Å²) in [5.41, 5.74) is 1.29. The molecule has 0 saturated carbocycles. The Kier molecular flexibility index (Phi) is 7.85. The van der Waals surface area contributed by atoms with Crippen molar-refractivity contribution in [3.8, 4) is 5.75 Å². The number of ketones is 1. The molecule has 0 aromatic heterocycles. The van der Waals surface area contributed by atoms with Gasteiger partial charge in [0.2, 0.25) is 0 Å². The molecule has 0 spiro atoms. The molecule has 5 nitrogen and oxygen atoms in total. The molecule has 0 amide bonds. The van der Waals surface area contributed by atoms with Crippen LogP contribution in [0.5, 0.6) is 5.75 Å². The second-order valence-corrected chi connectivity index (χ2v) is 11.2. The molecule has 1 fully saturated rings. The Balaban J connectivity index is 1.42. The van der Waals surface area contributed by atoms with E-state index in [1.807, 2.05) is 12.1 Å². The molecule has 8 heteroatoms. The van der Waals surface area contributed by atoms with Gasteiger partial charge in [-0.05, 0) is 53.1 Å². The van der Waals surface area contributed by atoms with Crippen LogP contribution in [0.3, 0.4) is 0 Å². The van der Waals surface area contributed by atoms with Crippen LogP contribution < -0.4 is 4.74 Å². The lowest BCUT2D eigenvalue weighted by Crippen LogP contribution is -2.39. The van der Waals surface area contributed by atoms with E-state index in [-0.39, 0.29) is 29.3 Å². The Morgan fingerprint density at radius 2 is 1.47 bits per heavy atom. The summed E-state index contributed by atoms with van der Waals surface area (Å²) in [5, 5.41) is 0. The van der Waals surface area contributed by atoms with E-state index in [0.717, 1.165) is 17.2 Å². The summed E-state index contributed by atoms with van der Waals surface area (Å²) < 4.78 is 63.1. The standard InChI is InChI=1S/C28H28F2O5S/c1-2-36(32,33)25-10-5-21(6-11-25)18-23(31)17-20-3-8-24(9-4-20)35-28(13-15-34-16-14-28)22-7-12-26(29)27(30)19-22/h3-12,19H,2,13-18H2,1H3. The summed E-state index contributed by atoms with van der Waals surface area (Å²) in [5.74, 6) is -1.24. The molecule has 0 atom stereocenters. The highest BCUT2D eigenvalue weighted by molar-refractivity contribution is 7.91. The Bertz CT molecular complexity index is 1310. The van der Waals surface area contributed by atoms with E-state index in [0.29, 0.717) is 37.4 Å². The van der Waals surface area contributed by atoms with E-state index in [4.69, 9.17) is 9.47 Å². The monoisotopic (exact) mass is 514 g/mol. The third kappa shape index (κ3) is 5.99. The lowest BCUT2D eigenvalue weighted by atomic mass is 9.86. The van der Waals surface area contributed by atoms with Gasteiger partial charge < -0.3 is 9.47 Å². The zero-order chi connectivity index (χ0) is 25.8. The van der Waals surface area contributed by atoms with Crippen molar-refractivity contribution in [3.63, 3.8) is 0 Å². The van der Waals surface area contributed by atoms with Gasteiger partial charge in [-0.2, -0.15) is 0 Å². The third-order valence-electron chi connectivity index (χ3n) is 6.45. The highest BCUT2D eigenvalue weighted by Crippen LogP contribution is 2.38. The molecule has 0 unspecified atom stereocenters. The summed E-state index contributed by atoms with van der Waals surface area (Å²) in [6.07, 6.45) is 1.41. The first-order valence-electron chi connectivity index (χ1n) is 11.9. The largest absolute Gasteiger partial charge is 0.482 e. The van der Waals surface area contributed by atoms with Crippen molar-refractivity contribution in [2.75, 3.05) is 19.0 Å². The summed E-state index contributed by atoms with van der Waals surface area (Å²) in [7, 11) is -3.27. The zero-order valence-corrected chi connectivity index (χ0v) is 20.8. The Labute approximate surface area is 210 Å². The Morgan fingerprint density at radius 3 is 2.03 bits per heavy atom. The quantitative estimate of drug-likeness (QED) is 0.393. The fourth-order valence-corrected chi connectivity index (χ4v) is 5.21. The van der Waals surface area contributed by atoms with E-state index in [1.165, 1.54) is 18.2 Å². The molecule has 190 valence electrons. The van der Waals surface area contributed by atoms with Crippen molar-refractivity contribution in [2.24, 2.45) is 0 Å². The van der Waals surface area contributed by atoms with E-state index >= 15 is 0 Å². The summed E-state index contributed by atoms with van der Waals surface area (Å²) in [6.45, 7) is 2.48. The van der Waals surface area contributed by atoms with Crippen molar-refractivity contribution in [2.45, 2.75) is 43.1 Å². The first-order chi connectivity index (χ1) is 17.2. The predicted octanol–water partition coefficient (Wildman–Crippen LogP) is 5.20. The van der Waals surface area contributed by atoms with Gasteiger partial charge in [0, 0.05) is 25.7 Å². The second-order valence-electron chi connectivity index (χ2n) is 8.92. The smallest absolute Gasteiger partial charge is 0.178 e. The fourth-order valence-electron chi connectivity index (χ4n) is 4.33. The van der Waals surface area contributed by atoms with Gasteiger partial charge in [0.15, 0.2) is 21.5 Å². The van der Waals surface area contributed by atoms with E-state index in [1.54, 1.807) is 37.3 Å². The normalized spacial score (nSPS) is 15.4. The third-order valence-corrected chi connectivity index (χ3v) is 8.20. The molecule has 0 N–H and O–H groups in total. The van der Waals surface area contributed by atoms with Gasteiger partial charge in [0.25, 0.3) is 0 Å². The molecule has 4 rings (SSSR count). The van der Waals surface area contributed by atoms with Crippen molar-refractivity contribution in [3.05, 3.63) is 95.1 Å². The minimum Gasteiger partial charge on any atom is -0.482 e. The van der Waals surface area contributed by atoms with Crippen molar-refractivity contribution in [1.82, 2.24) is 0 Å². The lowest BCUT2D eigenvalue weighted by molar-refractivity contribution is -0.117. The molecule has 3 aromatic carbocycles. The van der Waals surface area contributed by atoms with Crippen molar-refractivity contribution >= 4 is 15.6 Å². The van der Waals surface area contributed by atoms with Crippen LogP contribution in [-0.2, 0) is 37.8 Å². The maximum Gasteiger partial charge on any atom is 0.178 e. The molecule has 36 heavy (non-hydrogen) atoms. The summed E-state index contributed by atoms with van der Waals surface area (Å²) >= 11 is 0. The van der Waals surface area contributed by atoms with Gasteiger partial charge in [-0.25, -0.2) is 17.2 Å². The van der Waals surface area contributed by atoms with Crippen LogP contribution in [0.2, 0.25) is 0 Å². The second kappa shape index (κ2) is 10.9. The minimum atomic E-state index is -3.27. The van der Waals surface area contributed by atoms with Crippen LogP contribution in [0.4, 0.5) is 8.78 Å². The number of carbonyl (C=O) groups is 1. The minimum absolute atomic E-state index is 0.00236. The van der Waals surface area contributed by atoms with Gasteiger partial charge in [0.05, 0.1) is 23.9 Å². The fraction of sp³-hybridized carbons (Fsp3) is 0.321. The predicted molar refractivity (Wildman–Crippen MR) is 132 cm³/mol. The van der Waals surface area contributed by atoms with Crippen molar-refractivity contribution < 1.29 is 31.5 Å². The number of rotatable bonds is 9. The van der Waals surface area contributed by atoms with E-state index in [9.17, 15) is 22.0 Å². The zero-order valence-electron chi connectivity index (χ0n) is 20.0. The van der Waals surface area contributed by atoms with E-state index < -0.39 is 27.1 Å². The van der Waals surface area contributed by atoms with Crippen LogP contribution >= 0.6 is 0 Å². The van der Waals surface area contributed by atoms with Gasteiger partial charge in [-0.1, -0.05) is 37.3 Å². The summed E-state index contributed by atoms with van der Waals surface area (Å²) in [6, 6.07) is 17.4. The average molecular weight is 515 g/mol. The number of Topliss-reactive ketones (excluding diaryl/α,β-unsaturated/α-hetero) is 1. The molecule has 1 saturated heterocycles. The van der Waals surface area contributed by atoms with Crippen LogP contribution in [0.25, 0.3) is 0 Å². The molecular weight excluding hydrogens is 486 g/mol. The van der Waals surface area contributed by atoms with Crippen LogP contribution in [0.1, 0.15) is 36.5 Å². The Morgan fingerprint density at radius 1 is 0.889 bits per heavy atom. The topological polar surface area (TPSA) is 69.7 Å². The number of sulfone groups is 1. The van der Waals surface area contributed by atoms with Gasteiger partial charge >= 0.3 is 0 Å². The number of carbonyl (C=O) groups excluding carboxylic acids is 1. The molecule has 0 bridgehead atoms. The highest BCUT2D eigenvalue weighted by Gasteiger charge is 2.37. The van der Waals surface area contributed by atoms with Gasteiger partial charge in [-0.3, -0.25) is 4.79 Å². The first-order valence-corrected chi connectivity index (χ1v) is 13.5. The number of halogens is 2. The molecule has 1 heterocycles. The average Bonchev–Trinajstić information content (AvgIpc) is 2.87. The highest BCUT2D eigenvalue weighted by atomic mass is 32.2. The van der Waals surface area contributed by atoms with Crippen molar-refractivity contribution in [1.29, 1.82) is 0 Å². The number of ether oxygens (including phenoxy) is 2. The van der Waals surface area contributed by atoms with Gasteiger partial charge in [-0.15, -0.1) is 0 Å². The SMILES string of the molecule is CCS(=O)(=O)c1ccc(CC(=O)Cc2ccc(OC3(c4ccc(F)c(F)c4)CCOCC3)cc2)cc1. The number of hydrogen-bond acceptors (Lipinski definition) is 5. The molecular formula is C28H28F2O5S. The molecule has 0 aliphatic carbocycles. The van der Waals surface area contributed by atoms with Crippen LogP contribution in [0.15, 0.2) is 71.6 Å². The number of hydrogen-bond donors (Lipinski definition) is 0. The molecule has 1 aliphatic heterocycles. The van der Waals surface area contributed by atoms with E-state index in [2.05, 4.69) is 0 Å². The lowest BCUT2D eigenvalue weighted by Gasteiger charge is -2.38. The van der Waals surface area contributed by atoms with Crippen LogP contribution in [-0.4, -0.2) is 33.2 Å². The summed E-state index contributed by atoms with van der Waals surface area (Å²) in [4.78, 5) is 12.8. The molecule has 1 aliphatic rings. The molecule has 3 aromatic rings. The maximum absolute atomic E-state index is 13.9. The Hall–Kier alpha value is -3.10. The first kappa shape index (κ1) is 26.0. The number of benzene rings is 3.